The van der Waals surface area contributed by atoms with Gasteiger partial charge in [0.1, 0.15) is 5.69 Å². The van der Waals surface area contributed by atoms with E-state index >= 15 is 0 Å². The number of aromatic nitrogens is 1. The Morgan fingerprint density at radius 2 is 1.58 bits per heavy atom. The Labute approximate surface area is 202 Å². The second-order valence-electron chi connectivity index (χ2n) is 7.45. The van der Waals surface area contributed by atoms with Crippen molar-refractivity contribution in [3.63, 3.8) is 0 Å². The highest BCUT2D eigenvalue weighted by Crippen LogP contribution is 2.41. The standard InChI is InChI=1S/C25H21Cl2NO4S/c1-3-31-25-20(26)14-18(15-21(25)27)24-23(17-9-11-19(12-10-17)33(2,29)30)28-22(32-24)13-16-7-5-4-6-8-16/h4-12,14-15H,3,13H2,1-2H3. The fourth-order valence-electron chi connectivity index (χ4n) is 3.44. The summed E-state index contributed by atoms with van der Waals surface area (Å²) in [5.74, 6) is 1.41. The molecule has 5 nitrogen and oxygen atoms in total. The summed E-state index contributed by atoms with van der Waals surface area (Å²) < 4.78 is 35.4. The van der Waals surface area contributed by atoms with Gasteiger partial charge in [-0.2, -0.15) is 0 Å². The van der Waals surface area contributed by atoms with Crippen molar-refractivity contribution in [3.8, 4) is 28.3 Å². The highest BCUT2D eigenvalue weighted by atomic mass is 35.5. The number of hydrogen-bond donors (Lipinski definition) is 0. The molecule has 0 aliphatic carbocycles. The zero-order valence-electron chi connectivity index (χ0n) is 18.0. The second-order valence-corrected chi connectivity index (χ2v) is 10.3. The highest BCUT2D eigenvalue weighted by molar-refractivity contribution is 7.90. The first kappa shape index (κ1) is 23.4. The number of hydrogen-bond acceptors (Lipinski definition) is 5. The van der Waals surface area contributed by atoms with Gasteiger partial charge in [0.2, 0.25) is 0 Å². The zero-order valence-corrected chi connectivity index (χ0v) is 20.3. The lowest BCUT2D eigenvalue weighted by Gasteiger charge is -2.10. The van der Waals surface area contributed by atoms with Crippen molar-refractivity contribution in [1.29, 1.82) is 0 Å². The summed E-state index contributed by atoms with van der Waals surface area (Å²) in [5, 5.41) is 0.720. The zero-order chi connectivity index (χ0) is 23.6. The maximum Gasteiger partial charge on any atom is 0.199 e. The normalized spacial score (nSPS) is 11.5. The van der Waals surface area contributed by atoms with E-state index < -0.39 is 9.84 Å². The lowest BCUT2D eigenvalue weighted by atomic mass is 10.1. The van der Waals surface area contributed by atoms with E-state index in [2.05, 4.69) is 0 Å². The maximum atomic E-state index is 11.9. The van der Waals surface area contributed by atoms with Crippen molar-refractivity contribution in [1.82, 2.24) is 4.98 Å². The molecule has 1 heterocycles. The summed E-state index contributed by atoms with van der Waals surface area (Å²) in [7, 11) is -3.31. The summed E-state index contributed by atoms with van der Waals surface area (Å²) in [4.78, 5) is 4.96. The molecule has 0 amide bonds. The Balaban J connectivity index is 1.83. The molecule has 0 saturated heterocycles. The summed E-state index contributed by atoms with van der Waals surface area (Å²) in [6.07, 6.45) is 1.67. The van der Waals surface area contributed by atoms with Gasteiger partial charge in [0, 0.05) is 23.8 Å². The molecule has 4 aromatic rings. The Kier molecular flexibility index (Phi) is 6.79. The molecule has 0 aliphatic heterocycles. The topological polar surface area (TPSA) is 69.4 Å². The van der Waals surface area contributed by atoms with E-state index in [0.717, 1.165) is 5.56 Å². The van der Waals surface area contributed by atoms with Crippen molar-refractivity contribution >= 4 is 33.0 Å². The van der Waals surface area contributed by atoms with Crippen molar-refractivity contribution in [2.75, 3.05) is 12.9 Å². The number of halogens is 2. The Morgan fingerprint density at radius 1 is 0.939 bits per heavy atom. The summed E-state index contributed by atoms with van der Waals surface area (Å²) >= 11 is 12.9. The molecule has 33 heavy (non-hydrogen) atoms. The van der Waals surface area contributed by atoms with E-state index in [9.17, 15) is 8.42 Å². The molecule has 0 unspecified atom stereocenters. The monoisotopic (exact) mass is 501 g/mol. The molecule has 4 rings (SSSR count). The van der Waals surface area contributed by atoms with Gasteiger partial charge in [0.05, 0.1) is 21.5 Å². The molecule has 3 aromatic carbocycles. The van der Waals surface area contributed by atoms with Gasteiger partial charge in [0.25, 0.3) is 0 Å². The molecule has 0 radical (unpaired) electrons. The first-order chi connectivity index (χ1) is 15.8. The number of ether oxygens (including phenoxy) is 1. The molecule has 0 N–H and O–H groups in total. The van der Waals surface area contributed by atoms with Crippen LogP contribution in [0.3, 0.4) is 0 Å². The largest absolute Gasteiger partial charge is 0.491 e. The average Bonchev–Trinajstić information content (AvgIpc) is 3.20. The van der Waals surface area contributed by atoms with Crippen LogP contribution in [0.4, 0.5) is 0 Å². The van der Waals surface area contributed by atoms with E-state index in [4.69, 9.17) is 37.3 Å². The third-order valence-electron chi connectivity index (χ3n) is 4.97. The van der Waals surface area contributed by atoms with E-state index in [1.54, 1.807) is 36.4 Å². The first-order valence-corrected chi connectivity index (χ1v) is 12.9. The van der Waals surface area contributed by atoms with Gasteiger partial charge in [-0.15, -0.1) is 0 Å². The first-order valence-electron chi connectivity index (χ1n) is 10.2. The molecule has 1 aromatic heterocycles. The molecular formula is C25H21Cl2NO4S. The summed E-state index contributed by atoms with van der Waals surface area (Å²) in [6.45, 7) is 2.28. The van der Waals surface area contributed by atoms with Gasteiger partial charge in [-0.05, 0) is 36.8 Å². The Morgan fingerprint density at radius 3 is 2.15 bits per heavy atom. The fraction of sp³-hybridized carbons (Fsp3) is 0.160. The maximum absolute atomic E-state index is 11.9. The van der Waals surface area contributed by atoms with E-state index in [-0.39, 0.29) is 4.90 Å². The molecule has 0 atom stereocenters. The summed E-state index contributed by atoms with van der Waals surface area (Å²) in [5.41, 5.74) is 2.97. The van der Waals surface area contributed by atoms with E-state index in [0.29, 0.717) is 57.3 Å². The van der Waals surface area contributed by atoms with Gasteiger partial charge in [-0.1, -0.05) is 65.7 Å². The highest BCUT2D eigenvalue weighted by Gasteiger charge is 2.21. The molecule has 0 bridgehead atoms. The van der Waals surface area contributed by atoms with Crippen molar-refractivity contribution in [3.05, 3.63) is 88.2 Å². The van der Waals surface area contributed by atoms with Crippen LogP contribution >= 0.6 is 23.2 Å². The minimum absolute atomic E-state index is 0.230. The number of nitrogens with zero attached hydrogens (tertiary/aromatic N) is 1. The predicted octanol–water partition coefficient (Wildman–Crippen LogP) is 6.71. The quantitative estimate of drug-likeness (QED) is 0.281. The van der Waals surface area contributed by atoms with E-state index in [1.165, 1.54) is 6.26 Å². The van der Waals surface area contributed by atoms with Crippen molar-refractivity contribution in [2.24, 2.45) is 0 Å². The number of oxazole rings is 1. The predicted molar refractivity (Wildman–Crippen MR) is 131 cm³/mol. The van der Waals surface area contributed by atoms with Gasteiger partial charge >= 0.3 is 0 Å². The van der Waals surface area contributed by atoms with Crippen LogP contribution in [0.15, 0.2) is 76.0 Å². The Bertz CT molecular complexity index is 1360. The SMILES string of the molecule is CCOc1c(Cl)cc(-c2oc(Cc3ccccc3)nc2-c2ccc(S(C)(=O)=O)cc2)cc1Cl. The number of rotatable bonds is 7. The third-order valence-corrected chi connectivity index (χ3v) is 6.66. The molecule has 0 fully saturated rings. The molecule has 0 saturated carbocycles. The fourth-order valence-corrected chi connectivity index (χ4v) is 4.66. The average molecular weight is 502 g/mol. The van der Waals surface area contributed by atoms with Crippen LogP contribution < -0.4 is 4.74 Å². The van der Waals surface area contributed by atoms with Crippen LogP contribution in [0.1, 0.15) is 18.4 Å². The van der Waals surface area contributed by atoms with Gasteiger partial charge in [0.15, 0.2) is 27.2 Å². The lowest BCUT2D eigenvalue weighted by Crippen LogP contribution is -1.96. The van der Waals surface area contributed by atoms with Crippen molar-refractivity contribution in [2.45, 2.75) is 18.2 Å². The number of benzene rings is 3. The van der Waals surface area contributed by atoms with Gasteiger partial charge in [-0.25, -0.2) is 13.4 Å². The van der Waals surface area contributed by atoms with Crippen LogP contribution in [0, 0.1) is 0 Å². The molecule has 0 aliphatic rings. The minimum atomic E-state index is -3.31. The molecule has 0 spiro atoms. The van der Waals surface area contributed by atoms with Crippen LogP contribution in [-0.2, 0) is 16.3 Å². The Hall–Kier alpha value is -2.80. The summed E-state index contributed by atoms with van der Waals surface area (Å²) in [6, 6.07) is 19.8. The van der Waals surface area contributed by atoms with Crippen LogP contribution in [-0.4, -0.2) is 26.3 Å². The van der Waals surface area contributed by atoms with Crippen LogP contribution in [0.5, 0.6) is 5.75 Å². The molecular weight excluding hydrogens is 481 g/mol. The van der Waals surface area contributed by atoms with Crippen LogP contribution in [0.25, 0.3) is 22.6 Å². The second kappa shape index (κ2) is 9.59. The molecule has 170 valence electrons. The van der Waals surface area contributed by atoms with E-state index in [1.807, 2.05) is 37.3 Å². The minimum Gasteiger partial charge on any atom is -0.491 e. The third kappa shape index (κ3) is 5.24. The van der Waals surface area contributed by atoms with Gasteiger partial charge in [-0.3, -0.25) is 0 Å². The van der Waals surface area contributed by atoms with Gasteiger partial charge < -0.3 is 9.15 Å². The molecule has 8 heteroatoms. The smallest absolute Gasteiger partial charge is 0.199 e. The number of sulfone groups is 1. The van der Waals surface area contributed by atoms with Crippen molar-refractivity contribution < 1.29 is 17.6 Å². The van der Waals surface area contributed by atoms with Crippen LogP contribution in [0.2, 0.25) is 10.0 Å². The lowest BCUT2D eigenvalue weighted by molar-refractivity contribution is 0.340.